The Bertz CT molecular complexity index is 1800. The summed E-state index contributed by atoms with van der Waals surface area (Å²) < 4.78 is 19.3. The highest BCUT2D eigenvalue weighted by Gasteiger charge is 2.52. The van der Waals surface area contributed by atoms with Crippen LogP contribution in [0, 0.1) is 0 Å². The van der Waals surface area contributed by atoms with Gasteiger partial charge in [0.15, 0.2) is 5.82 Å². The predicted molar refractivity (Wildman–Crippen MR) is 162 cm³/mol. The van der Waals surface area contributed by atoms with Crippen molar-refractivity contribution < 1.29 is 13.7 Å². The molecule has 0 N–H and O–H groups in total. The zero-order chi connectivity index (χ0) is 27.5. The number of furan rings is 1. The van der Waals surface area contributed by atoms with Gasteiger partial charge in [0.2, 0.25) is 0 Å². The SMILES string of the molecule is CC1(C)OB(c2cccc3c2oc2cccc(-c4nc(C5=CC=CCC5)cc(-c5ccccc5)n4)c23)OC1(C)C. The van der Waals surface area contributed by atoms with E-state index >= 15 is 0 Å². The Labute approximate surface area is 234 Å². The molecule has 198 valence electrons. The number of para-hydroxylation sites is 1. The minimum Gasteiger partial charge on any atom is -0.456 e. The van der Waals surface area contributed by atoms with Crippen molar-refractivity contribution in [2.45, 2.75) is 51.7 Å². The lowest BCUT2D eigenvalue weighted by Gasteiger charge is -2.32. The van der Waals surface area contributed by atoms with Gasteiger partial charge in [-0.05, 0) is 58.2 Å². The molecule has 5 nitrogen and oxygen atoms in total. The van der Waals surface area contributed by atoms with E-state index in [0.717, 1.165) is 62.8 Å². The zero-order valence-corrected chi connectivity index (χ0v) is 23.3. The van der Waals surface area contributed by atoms with Crippen LogP contribution in [0.15, 0.2) is 95.4 Å². The van der Waals surface area contributed by atoms with E-state index in [1.54, 1.807) is 0 Å². The molecule has 1 aliphatic carbocycles. The largest absolute Gasteiger partial charge is 0.498 e. The van der Waals surface area contributed by atoms with Crippen molar-refractivity contribution in [1.82, 2.24) is 9.97 Å². The molecule has 0 bridgehead atoms. The second kappa shape index (κ2) is 9.29. The van der Waals surface area contributed by atoms with Crippen molar-refractivity contribution in [3.63, 3.8) is 0 Å². The second-order valence-electron chi connectivity index (χ2n) is 11.6. The minimum absolute atomic E-state index is 0.442. The third-order valence-electron chi connectivity index (χ3n) is 8.44. The fourth-order valence-electron chi connectivity index (χ4n) is 5.52. The smallest absolute Gasteiger partial charge is 0.456 e. The van der Waals surface area contributed by atoms with Crippen molar-refractivity contribution >= 4 is 40.1 Å². The van der Waals surface area contributed by atoms with Crippen LogP contribution < -0.4 is 5.46 Å². The average Bonchev–Trinajstić information content (AvgIpc) is 3.46. The van der Waals surface area contributed by atoms with Crippen molar-refractivity contribution in [2.75, 3.05) is 0 Å². The van der Waals surface area contributed by atoms with Crippen molar-refractivity contribution in [3.05, 3.63) is 96.7 Å². The van der Waals surface area contributed by atoms with Gasteiger partial charge in [-0.25, -0.2) is 9.97 Å². The number of hydrogen-bond acceptors (Lipinski definition) is 5. The molecule has 3 aromatic carbocycles. The quantitative estimate of drug-likeness (QED) is 0.224. The molecule has 0 atom stereocenters. The van der Waals surface area contributed by atoms with E-state index < -0.39 is 18.3 Å². The summed E-state index contributed by atoms with van der Waals surface area (Å²) in [6, 6.07) is 24.7. The van der Waals surface area contributed by atoms with E-state index in [-0.39, 0.29) is 0 Å². The topological polar surface area (TPSA) is 57.4 Å². The lowest BCUT2D eigenvalue weighted by Crippen LogP contribution is -2.41. The van der Waals surface area contributed by atoms with Gasteiger partial charge in [0, 0.05) is 27.4 Å². The molecule has 3 heterocycles. The maximum atomic E-state index is 6.52. The van der Waals surface area contributed by atoms with E-state index in [1.165, 1.54) is 5.57 Å². The van der Waals surface area contributed by atoms with Crippen LogP contribution in [0.5, 0.6) is 0 Å². The van der Waals surface area contributed by atoms with Gasteiger partial charge in [0.1, 0.15) is 11.2 Å². The van der Waals surface area contributed by atoms with Crippen molar-refractivity contribution in [2.24, 2.45) is 0 Å². The summed E-state index contributed by atoms with van der Waals surface area (Å²) in [5.74, 6) is 0.682. The molecule has 0 radical (unpaired) electrons. The van der Waals surface area contributed by atoms with Gasteiger partial charge in [0.05, 0.1) is 22.6 Å². The predicted octanol–water partition coefficient (Wildman–Crippen LogP) is 7.74. The van der Waals surface area contributed by atoms with Gasteiger partial charge >= 0.3 is 7.12 Å². The van der Waals surface area contributed by atoms with Gasteiger partial charge in [-0.15, -0.1) is 0 Å². The molecule has 2 aromatic heterocycles. The number of allylic oxidation sites excluding steroid dienone is 4. The van der Waals surface area contributed by atoms with Crippen LogP contribution in [0.2, 0.25) is 0 Å². The lowest BCUT2D eigenvalue weighted by atomic mass is 9.78. The van der Waals surface area contributed by atoms with E-state index in [0.29, 0.717) is 5.82 Å². The maximum absolute atomic E-state index is 6.52. The monoisotopic (exact) mass is 526 g/mol. The van der Waals surface area contributed by atoms with Crippen LogP contribution >= 0.6 is 0 Å². The Morgan fingerprint density at radius 3 is 2.30 bits per heavy atom. The first-order valence-electron chi connectivity index (χ1n) is 13.9. The average molecular weight is 526 g/mol. The molecule has 1 aliphatic heterocycles. The highest BCUT2D eigenvalue weighted by atomic mass is 16.7. The highest BCUT2D eigenvalue weighted by Crippen LogP contribution is 2.40. The molecule has 1 saturated heterocycles. The fourth-order valence-corrected chi connectivity index (χ4v) is 5.52. The van der Waals surface area contributed by atoms with Crippen LogP contribution in [0.1, 0.15) is 46.2 Å². The first kappa shape index (κ1) is 25.0. The third-order valence-corrected chi connectivity index (χ3v) is 8.44. The fraction of sp³-hybridized carbons (Fsp3) is 0.235. The van der Waals surface area contributed by atoms with Gasteiger partial charge in [-0.3, -0.25) is 0 Å². The summed E-state index contributed by atoms with van der Waals surface area (Å²) in [6.45, 7) is 8.26. The van der Waals surface area contributed by atoms with Gasteiger partial charge in [0.25, 0.3) is 0 Å². The molecule has 5 aromatic rings. The van der Waals surface area contributed by atoms with Gasteiger partial charge in [-0.1, -0.05) is 78.9 Å². The van der Waals surface area contributed by atoms with Crippen molar-refractivity contribution in [3.8, 4) is 22.6 Å². The van der Waals surface area contributed by atoms with Crippen LogP contribution in [0.4, 0.5) is 0 Å². The van der Waals surface area contributed by atoms with Crippen LogP contribution in [-0.4, -0.2) is 28.3 Å². The van der Waals surface area contributed by atoms with E-state index in [2.05, 4.69) is 76.3 Å². The van der Waals surface area contributed by atoms with Gasteiger partial charge < -0.3 is 13.7 Å². The molecule has 0 unspecified atom stereocenters. The Hall–Kier alpha value is -4.00. The molecule has 0 amide bonds. The first-order valence-corrected chi connectivity index (χ1v) is 13.9. The number of nitrogens with zero attached hydrogens (tertiary/aromatic N) is 2. The maximum Gasteiger partial charge on any atom is 0.498 e. The minimum atomic E-state index is -0.520. The Morgan fingerprint density at radius 1 is 0.800 bits per heavy atom. The molecule has 6 heteroatoms. The van der Waals surface area contributed by atoms with Crippen LogP contribution in [0.3, 0.4) is 0 Å². The van der Waals surface area contributed by atoms with Gasteiger partial charge in [-0.2, -0.15) is 0 Å². The molecule has 2 aliphatic rings. The van der Waals surface area contributed by atoms with Crippen LogP contribution in [-0.2, 0) is 9.31 Å². The van der Waals surface area contributed by atoms with E-state index in [1.807, 2.05) is 42.5 Å². The molecule has 0 spiro atoms. The Balaban J connectivity index is 1.43. The molecular weight excluding hydrogens is 495 g/mol. The Kier molecular flexibility index (Phi) is 5.81. The summed E-state index contributed by atoms with van der Waals surface area (Å²) in [7, 11) is -0.520. The van der Waals surface area contributed by atoms with Crippen LogP contribution in [0.25, 0.3) is 50.2 Å². The number of benzene rings is 3. The third kappa shape index (κ3) is 4.10. The molecule has 0 saturated carbocycles. The summed E-state index contributed by atoms with van der Waals surface area (Å²) in [5, 5.41) is 1.98. The second-order valence-corrected chi connectivity index (χ2v) is 11.6. The summed E-state index contributed by atoms with van der Waals surface area (Å²) in [4.78, 5) is 10.2. The highest BCUT2D eigenvalue weighted by molar-refractivity contribution is 6.65. The zero-order valence-electron chi connectivity index (χ0n) is 23.3. The summed E-state index contributed by atoms with van der Waals surface area (Å²) >= 11 is 0. The number of aromatic nitrogens is 2. The van der Waals surface area contributed by atoms with E-state index in [9.17, 15) is 0 Å². The first-order chi connectivity index (χ1) is 19.3. The number of hydrogen-bond donors (Lipinski definition) is 0. The normalized spacial score (nSPS) is 18.0. The molecular formula is C34H31BN2O3. The molecule has 1 fully saturated rings. The Morgan fingerprint density at radius 2 is 1.55 bits per heavy atom. The summed E-state index contributed by atoms with van der Waals surface area (Å²) in [5.41, 5.74) is 6.63. The number of rotatable bonds is 4. The molecule has 40 heavy (non-hydrogen) atoms. The molecule has 7 rings (SSSR count). The number of fused-ring (bicyclic) bond motifs is 3. The van der Waals surface area contributed by atoms with Crippen molar-refractivity contribution in [1.29, 1.82) is 0 Å². The summed E-state index contributed by atoms with van der Waals surface area (Å²) in [6.07, 6.45) is 8.44. The lowest BCUT2D eigenvalue weighted by molar-refractivity contribution is 0.00578. The standard InChI is InChI=1S/C34H31BN2O3/c1-33(2)34(3,4)40-35(39-33)26-19-11-17-24-30-25(18-12-20-29(30)38-31(24)26)32-36-27(22-13-7-5-8-14-22)21-28(37-32)23-15-9-6-10-16-23/h5-9,11-15,17-21H,10,16H2,1-4H3. The van der Waals surface area contributed by atoms with E-state index in [4.69, 9.17) is 23.7 Å².